The molecule has 1 saturated carbocycles. The van der Waals surface area contributed by atoms with Crippen molar-refractivity contribution in [2.24, 2.45) is 0 Å². The van der Waals surface area contributed by atoms with Crippen LogP contribution in [0.25, 0.3) is 0 Å². The lowest BCUT2D eigenvalue weighted by Crippen LogP contribution is -2.47. The average molecular weight is 322 g/mol. The second-order valence-corrected chi connectivity index (χ2v) is 6.33. The van der Waals surface area contributed by atoms with Crippen molar-refractivity contribution in [1.29, 1.82) is 0 Å². The van der Waals surface area contributed by atoms with E-state index in [1.165, 1.54) is 12.0 Å². The van der Waals surface area contributed by atoms with E-state index in [1.807, 2.05) is 24.3 Å². The smallest absolute Gasteiger partial charge is 0.251 e. The summed E-state index contributed by atoms with van der Waals surface area (Å²) >= 11 is 0. The lowest BCUT2D eigenvalue weighted by Gasteiger charge is -2.42. The molecule has 2 aromatic carbocycles. The Kier molecular flexibility index (Phi) is 4.94. The number of hydrogen-bond donors (Lipinski definition) is 2. The fraction of sp³-hybridized carbons (Fsp3) is 0.300. The van der Waals surface area contributed by atoms with Crippen LogP contribution in [0.15, 0.2) is 60.7 Å². The quantitative estimate of drug-likeness (QED) is 0.859. The zero-order chi connectivity index (χ0) is 16.8. The molecule has 2 aromatic rings. The molecule has 0 aliphatic heterocycles. The van der Waals surface area contributed by atoms with Gasteiger partial charge in [0.1, 0.15) is 0 Å². The van der Waals surface area contributed by atoms with Crippen LogP contribution in [0.5, 0.6) is 0 Å². The number of rotatable bonds is 6. The Morgan fingerprint density at radius 1 is 0.875 bits per heavy atom. The minimum atomic E-state index is -0.229. The number of benzene rings is 2. The highest BCUT2D eigenvalue weighted by molar-refractivity contribution is 5.96. The molecule has 0 aromatic heterocycles. The van der Waals surface area contributed by atoms with Crippen molar-refractivity contribution in [2.75, 3.05) is 13.1 Å². The second kappa shape index (κ2) is 7.30. The molecule has 2 amide bonds. The van der Waals surface area contributed by atoms with Gasteiger partial charge in [0.2, 0.25) is 5.91 Å². The van der Waals surface area contributed by atoms with Gasteiger partial charge in [-0.1, -0.05) is 55.0 Å². The maximum Gasteiger partial charge on any atom is 0.251 e. The molecule has 4 nitrogen and oxygen atoms in total. The Balaban J connectivity index is 1.50. The van der Waals surface area contributed by atoms with E-state index in [9.17, 15) is 9.59 Å². The molecule has 3 rings (SSSR count). The summed E-state index contributed by atoms with van der Waals surface area (Å²) in [6.07, 6.45) is 3.37. The molecular weight excluding hydrogens is 300 g/mol. The van der Waals surface area contributed by atoms with Crippen LogP contribution < -0.4 is 10.6 Å². The van der Waals surface area contributed by atoms with E-state index >= 15 is 0 Å². The number of hydrogen-bond acceptors (Lipinski definition) is 2. The highest BCUT2D eigenvalue weighted by Gasteiger charge is 2.38. The largest absolute Gasteiger partial charge is 0.354 e. The minimum Gasteiger partial charge on any atom is -0.354 e. The number of carbonyl (C=O) groups excluding carboxylic acids is 2. The van der Waals surface area contributed by atoms with Crippen molar-refractivity contribution in [1.82, 2.24) is 10.6 Å². The number of amides is 2. The Labute approximate surface area is 142 Å². The van der Waals surface area contributed by atoms with Crippen LogP contribution in [-0.2, 0) is 10.2 Å². The van der Waals surface area contributed by atoms with E-state index in [4.69, 9.17) is 0 Å². The number of nitrogens with one attached hydrogen (secondary N) is 2. The van der Waals surface area contributed by atoms with E-state index < -0.39 is 0 Å². The predicted octanol–water partition coefficient (Wildman–Crippen LogP) is 2.65. The van der Waals surface area contributed by atoms with Gasteiger partial charge in [-0.2, -0.15) is 0 Å². The zero-order valence-corrected chi connectivity index (χ0v) is 13.6. The van der Waals surface area contributed by atoms with Gasteiger partial charge in [0.15, 0.2) is 0 Å². The van der Waals surface area contributed by atoms with E-state index in [0.717, 1.165) is 12.8 Å². The molecule has 0 bridgehead atoms. The van der Waals surface area contributed by atoms with Crippen LogP contribution in [0, 0.1) is 0 Å². The van der Waals surface area contributed by atoms with Crippen molar-refractivity contribution in [3.05, 3.63) is 71.8 Å². The molecule has 1 fully saturated rings. The van der Waals surface area contributed by atoms with Crippen LogP contribution in [-0.4, -0.2) is 24.9 Å². The van der Waals surface area contributed by atoms with Gasteiger partial charge >= 0.3 is 0 Å². The van der Waals surface area contributed by atoms with Crippen molar-refractivity contribution >= 4 is 11.8 Å². The summed E-state index contributed by atoms with van der Waals surface area (Å²) in [6.45, 7) is 0.621. The Bertz CT molecular complexity index is 694. The topological polar surface area (TPSA) is 58.2 Å². The summed E-state index contributed by atoms with van der Waals surface area (Å²) in [7, 11) is 0. The maximum atomic E-state index is 12.1. The Morgan fingerprint density at radius 2 is 1.50 bits per heavy atom. The van der Waals surface area contributed by atoms with Gasteiger partial charge in [-0.3, -0.25) is 9.59 Å². The number of carbonyl (C=O) groups is 2. The first-order valence-electron chi connectivity index (χ1n) is 8.35. The Hall–Kier alpha value is -2.62. The molecule has 0 spiro atoms. The van der Waals surface area contributed by atoms with Crippen molar-refractivity contribution in [2.45, 2.75) is 24.7 Å². The highest BCUT2D eigenvalue weighted by Crippen LogP contribution is 2.43. The fourth-order valence-electron chi connectivity index (χ4n) is 3.15. The maximum absolute atomic E-state index is 12.1. The third kappa shape index (κ3) is 3.65. The summed E-state index contributed by atoms with van der Waals surface area (Å²) in [5, 5.41) is 5.64. The predicted molar refractivity (Wildman–Crippen MR) is 93.8 cm³/mol. The van der Waals surface area contributed by atoms with Gasteiger partial charge in [0.05, 0.1) is 6.54 Å². The normalized spacial score (nSPS) is 15.2. The van der Waals surface area contributed by atoms with Gasteiger partial charge in [0, 0.05) is 17.5 Å². The van der Waals surface area contributed by atoms with Crippen LogP contribution in [0.3, 0.4) is 0 Å². The van der Waals surface area contributed by atoms with Crippen LogP contribution in [0.4, 0.5) is 0 Å². The minimum absolute atomic E-state index is 0.00139. The zero-order valence-electron chi connectivity index (χ0n) is 13.6. The lowest BCUT2D eigenvalue weighted by atomic mass is 9.64. The first-order valence-corrected chi connectivity index (χ1v) is 8.35. The summed E-state index contributed by atoms with van der Waals surface area (Å²) < 4.78 is 0. The fourth-order valence-corrected chi connectivity index (χ4v) is 3.15. The molecule has 0 unspecified atom stereocenters. The second-order valence-electron chi connectivity index (χ2n) is 6.33. The molecule has 0 radical (unpaired) electrons. The lowest BCUT2D eigenvalue weighted by molar-refractivity contribution is -0.120. The van der Waals surface area contributed by atoms with E-state index in [1.54, 1.807) is 24.3 Å². The molecule has 0 saturated heterocycles. The van der Waals surface area contributed by atoms with Crippen LogP contribution in [0.1, 0.15) is 35.2 Å². The molecule has 0 heterocycles. The molecule has 2 N–H and O–H groups in total. The van der Waals surface area contributed by atoms with Gasteiger partial charge in [0.25, 0.3) is 5.91 Å². The van der Waals surface area contributed by atoms with Gasteiger partial charge in [-0.05, 0) is 30.5 Å². The molecular formula is C20H22N2O2. The first kappa shape index (κ1) is 16.2. The van der Waals surface area contributed by atoms with Crippen LogP contribution in [0.2, 0.25) is 0 Å². The molecule has 4 heteroatoms. The first-order chi connectivity index (χ1) is 11.7. The third-order valence-electron chi connectivity index (χ3n) is 4.77. The van der Waals surface area contributed by atoms with Gasteiger partial charge in [-0.25, -0.2) is 0 Å². The summed E-state index contributed by atoms with van der Waals surface area (Å²) in [4.78, 5) is 24.0. The van der Waals surface area contributed by atoms with E-state index in [0.29, 0.717) is 12.1 Å². The summed E-state index contributed by atoms with van der Waals surface area (Å²) in [5.74, 6) is -0.381. The average Bonchev–Trinajstić information content (AvgIpc) is 2.60. The van der Waals surface area contributed by atoms with Crippen molar-refractivity contribution < 1.29 is 9.59 Å². The molecule has 1 aliphatic rings. The van der Waals surface area contributed by atoms with Crippen molar-refractivity contribution in [3.8, 4) is 0 Å². The molecule has 124 valence electrons. The standard InChI is InChI=1S/C20H22N2O2/c23-18(14-21-19(24)16-8-3-1-4-9-16)22-15-20(12-7-13-20)17-10-5-2-6-11-17/h1-6,8-11H,7,12-15H2,(H,21,24)(H,22,23). The van der Waals surface area contributed by atoms with E-state index in [2.05, 4.69) is 22.8 Å². The summed E-state index contributed by atoms with van der Waals surface area (Å²) in [5.41, 5.74) is 1.90. The van der Waals surface area contributed by atoms with Gasteiger partial charge in [-0.15, -0.1) is 0 Å². The molecule has 1 aliphatic carbocycles. The van der Waals surface area contributed by atoms with Gasteiger partial charge < -0.3 is 10.6 Å². The third-order valence-corrected chi connectivity index (χ3v) is 4.77. The monoisotopic (exact) mass is 322 g/mol. The molecule has 0 atom stereocenters. The summed E-state index contributed by atoms with van der Waals surface area (Å²) in [6, 6.07) is 19.3. The van der Waals surface area contributed by atoms with Crippen molar-refractivity contribution in [3.63, 3.8) is 0 Å². The van der Waals surface area contributed by atoms with Crippen LogP contribution >= 0.6 is 0 Å². The Morgan fingerprint density at radius 3 is 2.08 bits per heavy atom. The molecule has 24 heavy (non-hydrogen) atoms. The highest BCUT2D eigenvalue weighted by atomic mass is 16.2. The van der Waals surface area contributed by atoms with E-state index in [-0.39, 0.29) is 23.8 Å². The SMILES string of the molecule is O=C(CNC(=O)c1ccccc1)NCC1(c2ccccc2)CCC1.